The largest absolute Gasteiger partial charge is 0.470 e. The van der Waals surface area contributed by atoms with Gasteiger partial charge < -0.3 is 14.9 Å². The van der Waals surface area contributed by atoms with Crippen LogP contribution in [0.5, 0.6) is 0 Å². The van der Waals surface area contributed by atoms with E-state index in [-0.39, 0.29) is 28.3 Å². The molecule has 1 atom stereocenters. The van der Waals surface area contributed by atoms with E-state index in [2.05, 4.69) is 10.5 Å². The van der Waals surface area contributed by atoms with E-state index in [4.69, 9.17) is 15.0 Å². The van der Waals surface area contributed by atoms with E-state index in [1.54, 1.807) is 24.3 Å². The second-order valence-corrected chi connectivity index (χ2v) is 5.96. The summed E-state index contributed by atoms with van der Waals surface area (Å²) in [6.07, 6.45) is -5.31. The molecule has 0 saturated carbocycles. The van der Waals surface area contributed by atoms with Crippen molar-refractivity contribution in [3.8, 4) is 0 Å². The molecule has 0 bridgehead atoms. The first kappa shape index (κ1) is 21.9. The van der Waals surface area contributed by atoms with E-state index in [9.17, 15) is 18.0 Å². The molecule has 0 aliphatic heterocycles. The van der Waals surface area contributed by atoms with Gasteiger partial charge in [0.2, 0.25) is 5.90 Å². The number of hydrogen-bond donors (Lipinski definition) is 2. The number of nitrogens with one attached hydrogen (secondary N) is 2. The molecule has 0 heterocycles. The predicted octanol–water partition coefficient (Wildman–Crippen LogP) is 3.91. The van der Waals surface area contributed by atoms with Gasteiger partial charge >= 0.3 is 6.18 Å². The van der Waals surface area contributed by atoms with Gasteiger partial charge in [0.15, 0.2) is 5.71 Å². The van der Waals surface area contributed by atoms with Crippen LogP contribution < -0.4 is 5.32 Å². The van der Waals surface area contributed by atoms with Gasteiger partial charge in [-0.15, -0.1) is 0 Å². The Morgan fingerprint density at radius 2 is 1.79 bits per heavy atom. The quantitative estimate of drug-likeness (QED) is 0.433. The highest BCUT2D eigenvalue weighted by Gasteiger charge is 2.31. The SMILES string of the molecule is CNC(=O)/C(=N/OC)c1ccccc1C(=N)OC(C)c1cccc(C(F)(F)F)c1. The van der Waals surface area contributed by atoms with Gasteiger partial charge in [-0.3, -0.25) is 10.2 Å². The van der Waals surface area contributed by atoms with Crippen LogP contribution in [-0.2, 0) is 20.5 Å². The van der Waals surface area contributed by atoms with Crippen molar-refractivity contribution in [2.24, 2.45) is 5.16 Å². The first-order valence-electron chi connectivity index (χ1n) is 8.54. The lowest BCUT2D eigenvalue weighted by Gasteiger charge is -2.18. The number of likely N-dealkylation sites (N-methyl/N-ethyl adjacent to an activating group) is 1. The summed E-state index contributed by atoms with van der Waals surface area (Å²) in [5.41, 5.74) is -0.0722. The molecular weight excluding hydrogens is 387 g/mol. The molecule has 0 aliphatic rings. The molecule has 0 aromatic heterocycles. The van der Waals surface area contributed by atoms with Crippen LogP contribution in [0.3, 0.4) is 0 Å². The zero-order valence-corrected chi connectivity index (χ0v) is 16.0. The molecule has 9 heteroatoms. The summed E-state index contributed by atoms with van der Waals surface area (Å²) in [7, 11) is 2.71. The van der Waals surface area contributed by atoms with Crippen molar-refractivity contribution in [3.63, 3.8) is 0 Å². The minimum Gasteiger partial charge on any atom is -0.470 e. The number of alkyl halides is 3. The van der Waals surface area contributed by atoms with Gasteiger partial charge in [-0.2, -0.15) is 13.2 Å². The molecule has 2 rings (SSSR count). The van der Waals surface area contributed by atoms with Gasteiger partial charge in [0.05, 0.1) is 5.56 Å². The molecule has 29 heavy (non-hydrogen) atoms. The molecular formula is C20H20F3N3O3. The normalized spacial score (nSPS) is 12.8. The molecule has 0 spiro atoms. The molecule has 0 radical (unpaired) electrons. The molecule has 154 valence electrons. The number of carbonyl (C=O) groups is 1. The van der Waals surface area contributed by atoms with Crippen LogP contribution in [0.15, 0.2) is 53.7 Å². The van der Waals surface area contributed by atoms with Crippen LogP contribution in [0.4, 0.5) is 13.2 Å². The second kappa shape index (κ2) is 9.22. The maximum absolute atomic E-state index is 12.9. The van der Waals surface area contributed by atoms with E-state index >= 15 is 0 Å². The number of halogens is 3. The van der Waals surface area contributed by atoms with Crippen molar-refractivity contribution in [2.75, 3.05) is 14.2 Å². The fourth-order valence-electron chi connectivity index (χ4n) is 2.59. The zero-order valence-electron chi connectivity index (χ0n) is 16.0. The van der Waals surface area contributed by atoms with E-state index in [0.717, 1.165) is 12.1 Å². The number of hydrogen-bond acceptors (Lipinski definition) is 5. The average Bonchev–Trinajstić information content (AvgIpc) is 2.70. The number of benzene rings is 2. The highest BCUT2D eigenvalue weighted by atomic mass is 19.4. The van der Waals surface area contributed by atoms with Gasteiger partial charge in [-0.1, -0.05) is 35.5 Å². The van der Waals surface area contributed by atoms with Gasteiger partial charge in [0.1, 0.15) is 13.2 Å². The molecule has 0 fully saturated rings. The van der Waals surface area contributed by atoms with Crippen molar-refractivity contribution in [1.29, 1.82) is 5.41 Å². The highest BCUT2D eigenvalue weighted by Crippen LogP contribution is 2.31. The average molecular weight is 407 g/mol. The van der Waals surface area contributed by atoms with Crippen molar-refractivity contribution >= 4 is 17.5 Å². The van der Waals surface area contributed by atoms with E-state index < -0.39 is 23.8 Å². The molecule has 0 saturated heterocycles. The number of carbonyl (C=O) groups excluding carboxylic acids is 1. The Kier molecular flexibility index (Phi) is 6.98. The Labute approximate surface area is 165 Å². The molecule has 0 aliphatic carbocycles. The van der Waals surface area contributed by atoms with Crippen LogP contribution in [0, 0.1) is 5.41 Å². The highest BCUT2D eigenvalue weighted by molar-refractivity contribution is 6.46. The fourth-order valence-corrected chi connectivity index (χ4v) is 2.59. The summed E-state index contributed by atoms with van der Waals surface area (Å²) in [5, 5.41) is 14.4. The lowest BCUT2D eigenvalue weighted by molar-refractivity contribution is -0.137. The van der Waals surface area contributed by atoms with Gasteiger partial charge in [-0.25, -0.2) is 0 Å². The third-order valence-electron chi connectivity index (χ3n) is 4.03. The summed E-state index contributed by atoms with van der Waals surface area (Å²) >= 11 is 0. The minimum atomic E-state index is -4.48. The summed E-state index contributed by atoms with van der Waals surface area (Å²) < 4.78 is 44.4. The topological polar surface area (TPSA) is 83.8 Å². The van der Waals surface area contributed by atoms with Crippen molar-refractivity contribution < 1.29 is 27.5 Å². The van der Waals surface area contributed by atoms with Crippen molar-refractivity contribution in [1.82, 2.24) is 5.32 Å². The maximum Gasteiger partial charge on any atom is 0.416 e. The number of amides is 1. The maximum atomic E-state index is 12.9. The van der Waals surface area contributed by atoms with Crippen LogP contribution >= 0.6 is 0 Å². The Morgan fingerprint density at radius 3 is 2.38 bits per heavy atom. The van der Waals surface area contributed by atoms with Gasteiger partial charge in [-0.05, 0) is 30.7 Å². The lowest BCUT2D eigenvalue weighted by atomic mass is 10.0. The summed E-state index contributed by atoms with van der Waals surface area (Å²) in [6, 6.07) is 11.1. The number of ether oxygens (including phenoxy) is 1. The molecule has 1 unspecified atom stereocenters. The third kappa shape index (κ3) is 5.34. The lowest BCUT2D eigenvalue weighted by Crippen LogP contribution is -2.30. The number of oxime groups is 1. The van der Waals surface area contributed by atoms with E-state index in [1.165, 1.54) is 33.2 Å². The molecule has 1 amide bonds. The monoisotopic (exact) mass is 407 g/mol. The van der Waals surface area contributed by atoms with Gasteiger partial charge in [0.25, 0.3) is 5.91 Å². The zero-order chi connectivity index (χ0) is 21.6. The Bertz CT molecular complexity index is 926. The first-order chi connectivity index (χ1) is 13.7. The molecule has 2 N–H and O–H groups in total. The van der Waals surface area contributed by atoms with Crippen LogP contribution in [-0.4, -0.2) is 31.7 Å². The Morgan fingerprint density at radius 1 is 1.14 bits per heavy atom. The number of rotatable bonds is 6. The summed E-state index contributed by atoms with van der Waals surface area (Å²) in [6.45, 7) is 1.54. The van der Waals surface area contributed by atoms with E-state index in [0.29, 0.717) is 0 Å². The molecule has 2 aromatic carbocycles. The van der Waals surface area contributed by atoms with Crippen LogP contribution in [0.1, 0.15) is 35.3 Å². The third-order valence-corrected chi connectivity index (χ3v) is 4.03. The fraction of sp³-hybridized carbons (Fsp3) is 0.250. The summed E-state index contributed by atoms with van der Waals surface area (Å²) in [4.78, 5) is 16.8. The van der Waals surface area contributed by atoms with Crippen LogP contribution in [0.2, 0.25) is 0 Å². The predicted molar refractivity (Wildman–Crippen MR) is 102 cm³/mol. The Hall–Kier alpha value is -3.36. The Balaban J connectivity index is 2.33. The smallest absolute Gasteiger partial charge is 0.416 e. The standard InChI is InChI=1S/C20H20F3N3O3/c1-12(13-7-6-8-14(11-13)20(21,22)23)29-18(24)16-10-5-4-9-15(16)17(26-28-3)19(27)25-2/h4-12,24H,1-3H3,(H,25,27)/b24-18?,26-17+. The van der Waals surface area contributed by atoms with Crippen LogP contribution in [0.25, 0.3) is 0 Å². The minimum absolute atomic E-state index is 0.0642. The number of nitrogens with zero attached hydrogens (tertiary/aromatic N) is 1. The molecule has 2 aromatic rings. The van der Waals surface area contributed by atoms with Crippen molar-refractivity contribution in [3.05, 3.63) is 70.8 Å². The van der Waals surface area contributed by atoms with Gasteiger partial charge in [0, 0.05) is 18.2 Å². The van der Waals surface area contributed by atoms with Crippen molar-refractivity contribution in [2.45, 2.75) is 19.2 Å². The van der Waals surface area contributed by atoms with E-state index in [1.807, 2.05) is 0 Å². The second-order valence-electron chi connectivity index (χ2n) is 5.96. The first-order valence-corrected chi connectivity index (χ1v) is 8.54. The summed E-state index contributed by atoms with van der Waals surface area (Å²) in [5.74, 6) is -0.851. The molecule has 6 nitrogen and oxygen atoms in total.